The Morgan fingerprint density at radius 2 is 2.04 bits per heavy atom. The van der Waals surface area contributed by atoms with Gasteiger partial charge in [-0.15, -0.1) is 24.0 Å². The smallest absolute Gasteiger partial charge is 0.191 e. The molecule has 0 radical (unpaired) electrons. The molecule has 0 heterocycles. The van der Waals surface area contributed by atoms with Crippen molar-refractivity contribution in [1.29, 1.82) is 0 Å². The van der Waals surface area contributed by atoms with E-state index in [4.69, 9.17) is 4.74 Å². The maximum atomic E-state index is 13.9. The Morgan fingerprint density at radius 1 is 1.31 bits per heavy atom. The lowest BCUT2D eigenvalue weighted by Gasteiger charge is -2.30. The SMILES string of the molecule is CN=C(NCC1(CCOC)CCCC1)NC1CC1c1ccccc1F.I. The molecule has 4 nitrogen and oxygen atoms in total. The number of hydrogen-bond donors (Lipinski definition) is 2. The van der Waals surface area contributed by atoms with Crippen LogP contribution in [0.1, 0.15) is 50.0 Å². The third-order valence-corrected chi connectivity index (χ3v) is 5.77. The molecule has 0 aromatic heterocycles. The molecular formula is C20H31FIN3O. The van der Waals surface area contributed by atoms with Gasteiger partial charge >= 0.3 is 0 Å². The summed E-state index contributed by atoms with van der Waals surface area (Å²) >= 11 is 0. The minimum absolute atomic E-state index is 0. The van der Waals surface area contributed by atoms with E-state index in [0.29, 0.717) is 5.41 Å². The molecule has 2 N–H and O–H groups in total. The van der Waals surface area contributed by atoms with Crippen LogP contribution in [-0.4, -0.2) is 39.3 Å². The van der Waals surface area contributed by atoms with Gasteiger partial charge in [-0.2, -0.15) is 0 Å². The van der Waals surface area contributed by atoms with Crippen LogP contribution in [0, 0.1) is 11.2 Å². The molecule has 2 aliphatic rings. The number of benzene rings is 1. The highest BCUT2D eigenvalue weighted by Crippen LogP contribution is 2.42. The number of nitrogens with zero attached hydrogens (tertiary/aromatic N) is 1. The van der Waals surface area contributed by atoms with Gasteiger partial charge in [-0.05, 0) is 42.7 Å². The highest BCUT2D eigenvalue weighted by Gasteiger charge is 2.41. The van der Waals surface area contributed by atoms with Crippen molar-refractivity contribution in [3.05, 3.63) is 35.6 Å². The van der Waals surface area contributed by atoms with Crippen molar-refractivity contribution in [1.82, 2.24) is 10.6 Å². The average Bonchev–Trinajstić information content (AvgIpc) is 3.23. The average molecular weight is 475 g/mol. The summed E-state index contributed by atoms with van der Waals surface area (Å²) in [6.45, 7) is 1.73. The van der Waals surface area contributed by atoms with Gasteiger partial charge in [0.25, 0.3) is 0 Å². The molecule has 0 bridgehead atoms. The molecular weight excluding hydrogens is 444 g/mol. The number of guanidine groups is 1. The van der Waals surface area contributed by atoms with Crippen LogP contribution >= 0.6 is 24.0 Å². The number of ether oxygens (including phenoxy) is 1. The lowest BCUT2D eigenvalue weighted by molar-refractivity contribution is 0.138. The standard InChI is InChI=1S/C20H30FN3O.HI/c1-22-19(23-14-20(11-12-25-2)9-5-6-10-20)24-18-13-16(18)15-7-3-4-8-17(15)21;/h3-4,7-8,16,18H,5-6,9-14H2,1-2H3,(H2,22,23,24);1H. The van der Waals surface area contributed by atoms with E-state index in [1.165, 1.54) is 31.7 Å². The Labute approximate surface area is 173 Å². The lowest BCUT2D eigenvalue weighted by atomic mass is 9.83. The molecule has 6 heteroatoms. The third kappa shape index (κ3) is 5.31. The lowest BCUT2D eigenvalue weighted by Crippen LogP contribution is -2.44. The second kappa shape index (κ2) is 9.88. The molecule has 2 unspecified atom stereocenters. The number of hydrogen-bond acceptors (Lipinski definition) is 2. The molecule has 2 aliphatic carbocycles. The molecule has 1 aromatic carbocycles. The summed E-state index contributed by atoms with van der Waals surface area (Å²) in [5.74, 6) is 0.963. The molecule has 3 rings (SSSR count). The van der Waals surface area contributed by atoms with Crippen LogP contribution in [0.3, 0.4) is 0 Å². The summed E-state index contributed by atoms with van der Waals surface area (Å²) in [5.41, 5.74) is 1.13. The van der Waals surface area contributed by atoms with Crippen LogP contribution in [0.2, 0.25) is 0 Å². The van der Waals surface area contributed by atoms with Crippen LogP contribution in [0.15, 0.2) is 29.3 Å². The second-order valence-corrected chi connectivity index (χ2v) is 7.49. The first-order chi connectivity index (χ1) is 12.2. The number of halogens is 2. The summed E-state index contributed by atoms with van der Waals surface area (Å²) in [4.78, 5) is 4.36. The van der Waals surface area contributed by atoms with Crippen molar-refractivity contribution in [3.63, 3.8) is 0 Å². The van der Waals surface area contributed by atoms with Gasteiger partial charge in [0.15, 0.2) is 5.96 Å². The molecule has 0 saturated heterocycles. The first-order valence-electron chi connectivity index (χ1n) is 9.38. The quantitative estimate of drug-likeness (QED) is 0.355. The molecule has 2 saturated carbocycles. The molecule has 2 fully saturated rings. The topological polar surface area (TPSA) is 45.7 Å². The Morgan fingerprint density at radius 3 is 2.69 bits per heavy atom. The van der Waals surface area contributed by atoms with E-state index < -0.39 is 0 Å². The van der Waals surface area contributed by atoms with E-state index >= 15 is 0 Å². The maximum absolute atomic E-state index is 13.9. The van der Waals surface area contributed by atoms with Gasteiger partial charge in [0.1, 0.15) is 5.82 Å². The fourth-order valence-corrected chi connectivity index (χ4v) is 4.07. The molecule has 1 aromatic rings. The van der Waals surface area contributed by atoms with Crippen molar-refractivity contribution in [2.75, 3.05) is 27.3 Å². The van der Waals surface area contributed by atoms with Crippen LogP contribution in [0.25, 0.3) is 0 Å². The highest BCUT2D eigenvalue weighted by atomic mass is 127. The fraction of sp³-hybridized carbons (Fsp3) is 0.650. The van der Waals surface area contributed by atoms with Crippen LogP contribution < -0.4 is 10.6 Å². The van der Waals surface area contributed by atoms with Crippen molar-refractivity contribution < 1.29 is 9.13 Å². The minimum Gasteiger partial charge on any atom is -0.385 e. The molecule has 26 heavy (non-hydrogen) atoms. The van der Waals surface area contributed by atoms with Crippen molar-refractivity contribution in [2.45, 2.75) is 50.5 Å². The van der Waals surface area contributed by atoms with Crippen molar-refractivity contribution in [2.24, 2.45) is 10.4 Å². The predicted octanol–water partition coefficient (Wildman–Crippen LogP) is 4.06. The molecule has 0 aliphatic heterocycles. The second-order valence-electron chi connectivity index (χ2n) is 7.49. The van der Waals surface area contributed by atoms with E-state index in [1.807, 2.05) is 12.1 Å². The monoisotopic (exact) mass is 475 g/mol. The van der Waals surface area contributed by atoms with Gasteiger partial charge in [0.05, 0.1) is 0 Å². The first kappa shape index (κ1) is 21.4. The predicted molar refractivity (Wildman–Crippen MR) is 115 cm³/mol. The Hall–Kier alpha value is -0.890. The first-order valence-corrected chi connectivity index (χ1v) is 9.38. The van der Waals surface area contributed by atoms with E-state index in [-0.39, 0.29) is 41.8 Å². The number of aliphatic imine (C=N–C) groups is 1. The summed E-state index contributed by atoms with van der Waals surface area (Å²) in [7, 11) is 3.57. The van der Waals surface area contributed by atoms with Crippen LogP contribution in [0.5, 0.6) is 0 Å². The van der Waals surface area contributed by atoms with Crippen molar-refractivity contribution in [3.8, 4) is 0 Å². The zero-order valence-electron chi connectivity index (χ0n) is 15.8. The third-order valence-electron chi connectivity index (χ3n) is 5.77. The number of rotatable bonds is 7. The Bertz CT molecular complexity index is 604. The fourth-order valence-electron chi connectivity index (χ4n) is 4.07. The number of nitrogens with one attached hydrogen (secondary N) is 2. The largest absolute Gasteiger partial charge is 0.385 e. The minimum atomic E-state index is -0.107. The maximum Gasteiger partial charge on any atom is 0.191 e. The van der Waals surface area contributed by atoms with Gasteiger partial charge in [0, 0.05) is 39.3 Å². The van der Waals surface area contributed by atoms with Crippen LogP contribution in [0.4, 0.5) is 4.39 Å². The summed E-state index contributed by atoms with van der Waals surface area (Å²) < 4.78 is 19.2. The van der Waals surface area contributed by atoms with E-state index in [9.17, 15) is 4.39 Å². The Balaban J connectivity index is 0.00000243. The highest BCUT2D eigenvalue weighted by molar-refractivity contribution is 14.0. The van der Waals surface area contributed by atoms with E-state index in [0.717, 1.165) is 37.5 Å². The molecule has 146 valence electrons. The molecule has 0 amide bonds. The van der Waals surface area contributed by atoms with E-state index in [1.54, 1.807) is 20.2 Å². The Kier molecular flexibility index (Phi) is 8.13. The van der Waals surface area contributed by atoms with Crippen LogP contribution in [-0.2, 0) is 4.74 Å². The number of methoxy groups -OCH3 is 1. The van der Waals surface area contributed by atoms with Gasteiger partial charge < -0.3 is 15.4 Å². The van der Waals surface area contributed by atoms with Gasteiger partial charge in [-0.3, -0.25) is 4.99 Å². The van der Waals surface area contributed by atoms with Gasteiger partial charge in [-0.25, -0.2) is 4.39 Å². The van der Waals surface area contributed by atoms with Gasteiger partial charge in [-0.1, -0.05) is 31.0 Å². The zero-order valence-corrected chi connectivity index (χ0v) is 18.1. The molecule has 2 atom stereocenters. The summed E-state index contributed by atoms with van der Waals surface area (Å²) in [5, 5.41) is 6.96. The zero-order chi connectivity index (χ0) is 17.7. The normalized spacial score (nSPS) is 24.0. The molecule has 0 spiro atoms. The summed E-state index contributed by atoms with van der Waals surface area (Å²) in [6, 6.07) is 7.33. The van der Waals surface area contributed by atoms with Gasteiger partial charge in [0.2, 0.25) is 0 Å². The van der Waals surface area contributed by atoms with Crippen molar-refractivity contribution >= 4 is 29.9 Å². The summed E-state index contributed by atoms with van der Waals surface area (Å²) in [6.07, 6.45) is 7.15. The van der Waals surface area contributed by atoms with E-state index in [2.05, 4.69) is 15.6 Å².